The van der Waals surface area contributed by atoms with Crippen LogP contribution in [0.3, 0.4) is 0 Å². The Morgan fingerprint density at radius 2 is 2.38 bits per heavy atom. The van der Waals surface area contributed by atoms with E-state index in [0.717, 1.165) is 11.4 Å². The van der Waals surface area contributed by atoms with Crippen LogP contribution in [0.4, 0.5) is 5.82 Å². The molecule has 1 fully saturated rings. The van der Waals surface area contributed by atoms with Crippen molar-refractivity contribution in [2.75, 3.05) is 5.32 Å². The lowest BCUT2D eigenvalue weighted by Gasteiger charge is -2.07. The van der Waals surface area contributed by atoms with Gasteiger partial charge in [-0.05, 0) is 25.0 Å². The Kier molecular flexibility index (Phi) is 2.14. The smallest absolute Gasteiger partial charge is 0.136 e. The minimum atomic E-state index is 0.399. The number of aromatic nitrogens is 1. The Hall–Kier alpha value is -1.16. The van der Waals surface area contributed by atoms with Gasteiger partial charge in [0.05, 0.1) is 5.56 Å². The molecular weight excluding hydrogens is 182 g/mol. The fraction of sp³-hybridized carbons (Fsp3) is 0.333. The summed E-state index contributed by atoms with van der Waals surface area (Å²) in [5.41, 5.74) is 6.40. The third-order valence-corrected chi connectivity index (χ3v) is 2.21. The maximum Gasteiger partial charge on any atom is 0.136 e. The van der Waals surface area contributed by atoms with E-state index >= 15 is 0 Å². The second-order valence-electron chi connectivity index (χ2n) is 3.18. The van der Waals surface area contributed by atoms with Gasteiger partial charge in [0.2, 0.25) is 0 Å². The summed E-state index contributed by atoms with van der Waals surface area (Å²) in [5.74, 6) is 0.817. The van der Waals surface area contributed by atoms with Crippen molar-refractivity contribution in [2.24, 2.45) is 5.73 Å². The minimum absolute atomic E-state index is 0.399. The molecular formula is C9H11N3S. The maximum absolute atomic E-state index is 5.56. The number of anilines is 1. The molecule has 1 heterocycles. The monoisotopic (exact) mass is 193 g/mol. The molecule has 0 spiro atoms. The molecule has 1 saturated carbocycles. The van der Waals surface area contributed by atoms with Crippen molar-refractivity contribution in [1.29, 1.82) is 0 Å². The molecule has 1 aromatic heterocycles. The first-order chi connectivity index (χ1) is 6.27. The summed E-state index contributed by atoms with van der Waals surface area (Å²) in [7, 11) is 0. The minimum Gasteiger partial charge on any atom is -0.389 e. The van der Waals surface area contributed by atoms with Crippen molar-refractivity contribution >= 4 is 23.0 Å². The van der Waals surface area contributed by atoms with Gasteiger partial charge in [-0.25, -0.2) is 4.98 Å². The Bertz CT molecular complexity index is 333. The summed E-state index contributed by atoms with van der Waals surface area (Å²) in [5, 5.41) is 3.29. The number of thiocarbonyl (C=S) groups is 1. The highest BCUT2D eigenvalue weighted by atomic mass is 32.1. The van der Waals surface area contributed by atoms with Crippen LogP contribution in [0.1, 0.15) is 18.4 Å². The molecule has 1 aromatic rings. The molecule has 0 radical (unpaired) electrons. The van der Waals surface area contributed by atoms with Crippen LogP contribution in [0.2, 0.25) is 0 Å². The fourth-order valence-corrected chi connectivity index (χ4v) is 1.30. The number of pyridine rings is 1. The number of hydrogen-bond acceptors (Lipinski definition) is 3. The van der Waals surface area contributed by atoms with Gasteiger partial charge in [0.15, 0.2) is 0 Å². The lowest BCUT2D eigenvalue weighted by atomic mass is 10.2. The average molecular weight is 193 g/mol. The average Bonchev–Trinajstić information content (AvgIpc) is 2.89. The lowest BCUT2D eigenvalue weighted by molar-refractivity contribution is 1.11. The molecule has 0 unspecified atom stereocenters. The zero-order valence-electron chi connectivity index (χ0n) is 7.16. The summed E-state index contributed by atoms with van der Waals surface area (Å²) >= 11 is 4.92. The molecule has 4 heteroatoms. The maximum atomic E-state index is 5.56. The van der Waals surface area contributed by atoms with Crippen LogP contribution in [0.5, 0.6) is 0 Å². The van der Waals surface area contributed by atoms with E-state index in [1.807, 2.05) is 12.1 Å². The topological polar surface area (TPSA) is 50.9 Å². The molecule has 0 atom stereocenters. The quantitative estimate of drug-likeness (QED) is 0.710. The Balaban J connectivity index is 2.25. The normalized spacial score (nSPS) is 15.4. The zero-order valence-corrected chi connectivity index (χ0v) is 7.97. The first-order valence-corrected chi connectivity index (χ1v) is 4.69. The third kappa shape index (κ3) is 1.95. The molecule has 13 heavy (non-hydrogen) atoms. The van der Waals surface area contributed by atoms with Crippen molar-refractivity contribution in [3.63, 3.8) is 0 Å². The van der Waals surface area contributed by atoms with E-state index in [2.05, 4.69) is 10.3 Å². The van der Waals surface area contributed by atoms with Crippen LogP contribution in [0, 0.1) is 0 Å². The van der Waals surface area contributed by atoms with Crippen LogP contribution in [0.25, 0.3) is 0 Å². The first-order valence-electron chi connectivity index (χ1n) is 4.29. The Morgan fingerprint density at radius 3 is 3.00 bits per heavy atom. The van der Waals surface area contributed by atoms with Crippen LogP contribution in [0.15, 0.2) is 18.3 Å². The third-order valence-electron chi connectivity index (χ3n) is 1.99. The zero-order chi connectivity index (χ0) is 9.26. The van der Waals surface area contributed by atoms with Crippen LogP contribution >= 0.6 is 12.2 Å². The SMILES string of the molecule is NC(=S)c1cccnc1NC1CC1. The molecule has 3 N–H and O–H groups in total. The summed E-state index contributed by atoms with van der Waals surface area (Å²) < 4.78 is 0. The number of nitrogens with one attached hydrogen (secondary N) is 1. The van der Waals surface area contributed by atoms with Crippen molar-refractivity contribution in [3.05, 3.63) is 23.9 Å². The number of rotatable bonds is 3. The Morgan fingerprint density at radius 1 is 1.62 bits per heavy atom. The van der Waals surface area contributed by atoms with Gasteiger partial charge in [0.25, 0.3) is 0 Å². The highest BCUT2D eigenvalue weighted by Gasteiger charge is 2.22. The largest absolute Gasteiger partial charge is 0.389 e. The molecule has 2 rings (SSSR count). The summed E-state index contributed by atoms with van der Waals surface area (Å²) in [6.45, 7) is 0. The first kappa shape index (κ1) is 8.44. The molecule has 1 aliphatic rings. The standard InChI is InChI=1S/C9H11N3S/c10-8(13)7-2-1-5-11-9(7)12-6-3-4-6/h1-2,5-6H,3-4H2,(H2,10,13)(H,11,12). The fourth-order valence-electron chi connectivity index (χ4n) is 1.14. The summed E-state index contributed by atoms with van der Waals surface area (Å²) in [6, 6.07) is 4.30. The lowest BCUT2D eigenvalue weighted by Crippen LogP contribution is -2.15. The molecule has 0 amide bonds. The molecule has 0 saturated heterocycles. The predicted molar refractivity (Wildman–Crippen MR) is 56.8 cm³/mol. The summed E-state index contributed by atoms with van der Waals surface area (Å²) in [4.78, 5) is 4.60. The highest BCUT2D eigenvalue weighted by molar-refractivity contribution is 7.80. The van der Waals surface area contributed by atoms with Crippen LogP contribution < -0.4 is 11.1 Å². The van der Waals surface area contributed by atoms with Gasteiger partial charge >= 0.3 is 0 Å². The molecule has 1 aliphatic carbocycles. The highest BCUT2D eigenvalue weighted by Crippen LogP contribution is 2.25. The molecule has 3 nitrogen and oxygen atoms in total. The van der Waals surface area contributed by atoms with Crippen LogP contribution in [-0.2, 0) is 0 Å². The van der Waals surface area contributed by atoms with Gasteiger partial charge < -0.3 is 11.1 Å². The predicted octanol–water partition coefficient (Wildman–Crippen LogP) is 1.29. The van der Waals surface area contributed by atoms with Gasteiger partial charge in [0.1, 0.15) is 10.8 Å². The van der Waals surface area contributed by atoms with E-state index < -0.39 is 0 Å². The van der Waals surface area contributed by atoms with Gasteiger partial charge in [-0.1, -0.05) is 12.2 Å². The van der Waals surface area contributed by atoms with Gasteiger partial charge in [-0.15, -0.1) is 0 Å². The number of nitrogens with zero attached hydrogens (tertiary/aromatic N) is 1. The van der Waals surface area contributed by atoms with E-state index in [4.69, 9.17) is 18.0 Å². The molecule has 0 aromatic carbocycles. The van der Waals surface area contributed by atoms with E-state index in [9.17, 15) is 0 Å². The van der Waals surface area contributed by atoms with Crippen molar-refractivity contribution in [3.8, 4) is 0 Å². The summed E-state index contributed by atoms with van der Waals surface area (Å²) in [6.07, 6.45) is 4.17. The van der Waals surface area contributed by atoms with E-state index in [-0.39, 0.29) is 0 Å². The van der Waals surface area contributed by atoms with Gasteiger partial charge in [0, 0.05) is 12.2 Å². The second-order valence-corrected chi connectivity index (χ2v) is 3.62. The Labute approximate surface area is 82.4 Å². The van der Waals surface area contributed by atoms with Crippen molar-refractivity contribution in [2.45, 2.75) is 18.9 Å². The van der Waals surface area contributed by atoms with E-state index in [1.54, 1.807) is 6.20 Å². The molecule has 68 valence electrons. The molecule has 0 bridgehead atoms. The van der Waals surface area contributed by atoms with E-state index in [1.165, 1.54) is 12.8 Å². The number of nitrogens with two attached hydrogens (primary N) is 1. The van der Waals surface area contributed by atoms with Crippen molar-refractivity contribution in [1.82, 2.24) is 4.98 Å². The van der Waals surface area contributed by atoms with Gasteiger partial charge in [-0.3, -0.25) is 0 Å². The van der Waals surface area contributed by atoms with E-state index in [0.29, 0.717) is 11.0 Å². The van der Waals surface area contributed by atoms with Crippen LogP contribution in [-0.4, -0.2) is 16.0 Å². The second kappa shape index (κ2) is 3.30. The van der Waals surface area contributed by atoms with Crippen molar-refractivity contribution < 1.29 is 0 Å². The van der Waals surface area contributed by atoms with Gasteiger partial charge in [-0.2, -0.15) is 0 Å². The molecule has 0 aliphatic heterocycles. The number of hydrogen-bond donors (Lipinski definition) is 2.